The minimum atomic E-state index is -1.78. The van der Waals surface area contributed by atoms with Crippen LogP contribution in [0.5, 0.6) is 0 Å². The second-order valence-electron chi connectivity index (χ2n) is 13.5. The van der Waals surface area contributed by atoms with Gasteiger partial charge in [-0.2, -0.15) is 0 Å². The molecule has 0 saturated heterocycles. The second kappa shape index (κ2) is 10.9. The van der Waals surface area contributed by atoms with Crippen LogP contribution in [0.15, 0.2) is 77.9 Å². The van der Waals surface area contributed by atoms with E-state index in [9.17, 15) is 4.79 Å². The maximum Gasteiger partial charge on any atom is 0.328 e. The molecule has 42 heavy (non-hydrogen) atoms. The quantitative estimate of drug-likeness (QED) is 0.191. The number of benzene rings is 2. The summed E-state index contributed by atoms with van der Waals surface area (Å²) in [7, 11) is 0.0710. The summed E-state index contributed by atoms with van der Waals surface area (Å²) >= 11 is 0. The smallest absolute Gasteiger partial charge is 0.328 e. The number of hydrogen-bond donors (Lipinski definition) is 0. The van der Waals surface area contributed by atoms with Gasteiger partial charge in [-0.05, 0) is 73.5 Å². The van der Waals surface area contributed by atoms with Gasteiger partial charge in [-0.15, -0.1) is 0 Å². The van der Waals surface area contributed by atoms with Crippen LogP contribution in [0.25, 0.3) is 44.3 Å². The number of aryl methyl sites for hydroxylation is 1. The van der Waals surface area contributed by atoms with Gasteiger partial charge in [0.1, 0.15) is 0 Å². The molecule has 6 nitrogen and oxygen atoms in total. The number of hydrogen-bond acceptors (Lipinski definition) is 4. The lowest BCUT2D eigenvalue weighted by molar-refractivity contribution is 0.112. The van der Waals surface area contributed by atoms with Crippen LogP contribution >= 0.6 is 0 Å². The van der Waals surface area contributed by atoms with Crippen LogP contribution in [-0.4, -0.2) is 33.5 Å². The molecule has 5 aromatic rings. The molecule has 3 heterocycles. The van der Waals surface area contributed by atoms with Gasteiger partial charge in [-0.3, -0.25) is 19.1 Å². The van der Waals surface area contributed by atoms with Crippen molar-refractivity contribution in [2.45, 2.75) is 77.2 Å². The average molecular weight is 579 g/mol. The van der Waals surface area contributed by atoms with Gasteiger partial charge < -0.3 is 4.43 Å². The molecular weight excluding hydrogens is 536 g/mol. The first kappa shape index (κ1) is 28.6. The van der Waals surface area contributed by atoms with Crippen molar-refractivity contribution in [3.8, 4) is 22.4 Å². The lowest BCUT2D eigenvalue weighted by Gasteiger charge is -2.41. The summed E-state index contributed by atoms with van der Waals surface area (Å²) in [5.41, 5.74) is 6.92. The van der Waals surface area contributed by atoms with Crippen molar-refractivity contribution in [1.29, 1.82) is 0 Å². The fourth-order valence-electron chi connectivity index (χ4n) is 6.05. The molecule has 0 aliphatic heterocycles. The van der Waals surface area contributed by atoms with E-state index in [1.807, 2.05) is 42.2 Å². The Hall–Kier alpha value is -3.55. The molecule has 3 aromatic heterocycles. The van der Waals surface area contributed by atoms with E-state index in [0.29, 0.717) is 12.0 Å². The third-order valence-electron chi connectivity index (χ3n) is 9.64. The van der Waals surface area contributed by atoms with Crippen LogP contribution in [-0.2, 0) is 18.0 Å². The normalized spacial score (nSPS) is 18.1. The SMILES string of the molecule is Cn1c(=O)n(CC2CCC(O[Si](C)(C)C(C)(C)C)CC2)c2c3cc(-c4ccc(-c5ccccc5)nc4)ccc3ncc21. The van der Waals surface area contributed by atoms with Crippen molar-refractivity contribution in [1.82, 2.24) is 19.1 Å². The van der Waals surface area contributed by atoms with Gasteiger partial charge in [-0.1, -0.05) is 63.2 Å². The van der Waals surface area contributed by atoms with Gasteiger partial charge in [-0.25, -0.2) is 4.79 Å². The predicted octanol–water partition coefficient (Wildman–Crippen LogP) is 8.20. The summed E-state index contributed by atoms with van der Waals surface area (Å²) in [6.07, 6.45) is 8.39. The molecule has 0 radical (unpaired) electrons. The minimum Gasteiger partial charge on any atom is -0.414 e. The molecule has 1 aliphatic carbocycles. The molecular formula is C35H42N4O2Si. The molecule has 0 N–H and O–H groups in total. The summed E-state index contributed by atoms with van der Waals surface area (Å²) < 4.78 is 10.5. The molecule has 1 aliphatic rings. The van der Waals surface area contributed by atoms with E-state index >= 15 is 0 Å². The average Bonchev–Trinajstić information content (AvgIpc) is 3.22. The van der Waals surface area contributed by atoms with Gasteiger partial charge in [0.15, 0.2) is 8.32 Å². The molecule has 2 aromatic carbocycles. The van der Waals surface area contributed by atoms with Gasteiger partial charge in [0.25, 0.3) is 0 Å². The van der Waals surface area contributed by atoms with Crippen molar-refractivity contribution >= 4 is 30.3 Å². The maximum absolute atomic E-state index is 13.6. The second-order valence-corrected chi connectivity index (χ2v) is 18.3. The Morgan fingerprint density at radius 3 is 2.26 bits per heavy atom. The Labute approximate surface area is 249 Å². The van der Waals surface area contributed by atoms with E-state index in [2.05, 4.69) is 76.3 Å². The fraction of sp³-hybridized carbons (Fsp3) is 0.400. The Morgan fingerprint density at radius 2 is 1.60 bits per heavy atom. The van der Waals surface area contributed by atoms with Crippen molar-refractivity contribution < 1.29 is 4.43 Å². The van der Waals surface area contributed by atoms with Crippen molar-refractivity contribution in [2.24, 2.45) is 13.0 Å². The zero-order valence-electron chi connectivity index (χ0n) is 25.7. The summed E-state index contributed by atoms with van der Waals surface area (Å²) in [6, 6.07) is 20.7. The van der Waals surface area contributed by atoms with Gasteiger partial charge in [0, 0.05) is 42.4 Å². The standard InChI is InChI=1S/C35H42N4O2Si/c1-35(2,3)42(5,6)41-28-16-12-24(13-17-28)23-39-33-29-20-26(14-19-31(29)37-22-32(33)38(4)34(39)40)27-15-18-30(36-21-27)25-10-8-7-9-11-25/h7-11,14-15,18-22,24,28H,12-13,16-17,23H2,1-6H3. The topological polar surface area (TPSA) is 61.9 Å². The van der Waals surface area contributed by atoms with Crippen LogP contribution in [0, 0.1) is 5.92 Å². The van der Waals surface area contributed by atoms with Crippen LogP contribution in [0.3, 0.4) is 0 Å². The van der Waals surface area contributed by atoms with E-state index < -0.39 is 8.32 Å². The Bertz CT molecular complexity index is 1770. The third-order valence-corrected chi connectivity index (χ3v) is 14.2. The molecule has 0 amide bonds. The van der Waals surface area contributed by atoms with Gasteiger partial charge in [0.05, 0.1) is 28.4 Å². The van der Waals surface area contributed by atoms with E-state index in [-0.39, 0.29) is 10.7 Å². The molecule has 0 bridgehead atoms. The van der Waals surface area contributed by atoms with E-state index in [0.717, 1.165) is 76.5 Å². The summed E-state index contributed by atoms with van der Waals surface area (Å²) in [4.78, 5) is 23.0. The molecule has 0 atom stereocenters. The molecule has 1 saturated carbocycles. The van der Waals surface area contributed by atoms with Gasteiger partial charge >= 0.3 is 5.69 Å². The van der Waals surface area contributed by atoms with Gasteiger partial charge in [0.2, 0.25) is 0 Å². The van der Waals surface area contributed by atoms with Crippen LogP contribution in [0.4, 0.5) is 0 Å². The zero-order valence-corrected chi connectivity index (χ0v) is 26.7. The first-order chi connectivity index (χ1) is 20.0. The maximum atomic E-state index is 13.6. The molecule has 218 valence electrons. The molecule has 0 spiro atoms. The third kappa shape index (κ3) is 5.36. The zero-order chi connectivity index (χ0) is 29.6. The lowest BCUT2D eigenvalue weighted by Crippen LogP contribution is -2.44. The van der Waals surface area contributed by atoms with E-state index in [1.165, 1.54) is 0 Å². The summed E-state index contributed by atoms with van der Waals surface area (Å²) in [5, 5.41) is 1.22. The number of imidazole rings is 1. The fourth-order valence-corrected chi connectivity index (χ4v) is 7.48. The molecule has 1 fully saturated rings. The highest BCUT2D eigenvalue weighted by molar-refractivity contribution is 6.74. The first-order valence-electron chi connectivity index (χ1n) is 15.2. The van der Waals surface area contributed by atoms with Crippen LogP contribution < -0.4 is 5.69 Å². The van der Waals surface area contributed by atoms with E-state index in [1.54, 1.807) is 4.57 Å². The highest BCUT2D eigenvalue weighted by Crippen LogP contribution is 2.40. The minimum absolute atomic E-state index is 0.0261. The van der Waals surface area contributed by atoms with Crippen molar-refractivity contribution in [2.75, 3.05) is 0 Å². The van der Waals surface area contributed by atoms with Crippen LogP contribution in [0.2, 0.25) is 18.1 Å². The number of pyridine rings is 2. The Balaban J connectivity index is 1.29. The molecule has 0 unspecified atom stereocenters. The number of nitrogens with zero attached hydrogens (tertiary/aromatic N) is 4. The number of aromatic nitrogens is 4. The molecule has 7 heteroatoms. The largest absolute Gasteiger partial charge is 0.414 e. The first-order valence-corrected chi connectivity index (χ1v) is 18.1. The predicted molar refractivity (Wildman–Crippen MR) is 175 cm³/mol. The highest BCUT2D eigenvalue weighted by Gasteiger charge is 2.40. The highest BCUT2D eigenvalue weighted by atomic mass is 28.4. The van der Waals surface area contributed by atoms with Crippen molar-refractivity contribution in [3.63, 3.8) is 0 Å². The Morgan fingerprint density at radius 1 is 0.881 bits per heavy atom. The van der Waals surface area contributed by atoms with Crippen molar-refractivity contribution in [3.05, 3.63) is 83.5 Å². The number of rotatable bonds is 6. The lowest BCUT2D eigenvalue weighted by atomic mass is 9.87. The van der Waals surface area contributed by atoms with Crippen LogP contribution in [0.1, 0.15) is 46.5 Å². The monoisotopic (exact) mass is 578 g/mol. The Kier molecular flexibility index (Phi) is 7.44. The summed E-state index contributed by atoms with van der Waals surface area (Å²) in [5.74, 6) is 0.452. The molecule has 6 rings (SSSR count). The number of fused-ring (bicyclic) bond motifs is 3. The van der Waals surface area contributed by atoms with E-state index in [4.69, 9.17) is 14.4 Å². The summed E-state index contributed by atoms with van der Waals surface area (Å²) in [6.45, 7) is 12.3.